The second-order valence-electron chi connectivity index (χ2n) is 6.74. The molecule has 1 unspecified atom stereocenters. The van der Waals surface area contributed by atoms with E-state index in [0.29, 0.717) is 12.4 Å². The van der Waals surface area contributed by atoms with E-state index in [1.165, 1.54) is 29.4 Å². The summed E-state index contributed by atoms with van der Waals surface area (Å²) < 4.78 is 63.2. The molecule has 4 rings (SSSR count). The number of esters is 1. The zero-order valence-electron chi connectivity index (χ0n) is 15.8. The van der Waals surface area contributed by atoms with Crippen LogP contribution in [0.25, 0.3) is 21.9 Å². The lowest BCUT2D eigenvalue weighted by molar-refractivity contribution is -0.198. The summed E-state index contributed by atoms with van der Waals surface area (Å²) in [4.78, 5) is 32.8. The van der Waals surface area contributed by atoms with Crippen LogP contribution in [0.2, 0.25) is 0 Å². The minimum atomic E-state index is -4.77. The van der Waals surface area contributed by atoms with E-state index in [9.17, 15) is 27.2 Å². The fourth-order valence-corrected chi connectivity index (χ4v) is 2.97. The smallest absolute Gasteiger partial charge is 0.425 e. The van der Waals surface area contributed by atoms with Crippen molar-refractivity contribution >= 4 is 27.8 Å². The Balaban J connectivity index is 1.70. The van der Waals surface area contributed by atoms with Gasteiger partial charge in [-0.3, -0.25) is 14.3 Å². The van der Waals surface area contributed by atoms with E-state index in [4.69, 9.17) is 4.42 Å². The summed E-state index contributed by atoms with van der Waals surface area (Å²) in [5, 5.41) is 0.405. The molecule has 0 radical (unpaired) electrons. The van der Waals surface area contributed by atoms with Gasteiger partial charge in [0.25, 0.3) is 5.56 Å². The Kier molecular flexibility index (Phi) is 4.96. The summed E-state index contributed by atoms with van der Waals surface area (Å²) in [6.07, 6.45) is -3.00. The predicted molar refractivity (Wildman–Crippen MR) is 100 cm³/mol. The number of halogens is 4. The Bertz CT molecular complexity index is 1360. The molecule has 0 spiro atoms. The van der Waals surface area contributed by atoms with Crippen molar-refractivity contribution in [2.75, 3.05) is 0 Å². The van der Waals surface area contributed by atoms with Crippen LogP contribution in [0.15, 0.2) is 52.2 Å². The van der Waals surface area contributed by atoms with Gasteiger partial charge < -0.3 is 9.15 Å². The third-order valence-electron chi connectivity index (χ3n) is 4.55. The lowest BCUT2D eigenvalue weighted by Crippen LogP contribution is -2.31. The molecule has 0 fully saturated rings. The molecule has 1 aromatic carbocycles. The zero-order chi connectivity index (χ0) is 22.3. The molecule has 0 N–H and O–H groups in total. The molecule has 4 aromatic rings. The highest BCUT2D eigenvalue weighted by Crippen LogP contribution is 2.28. The van der Waals surface area contributed by atoms with E-state index < -0.39 is 35.2 Å². The summed E-state index contributed by atoms with van der Waals surface area (Å²) in [6.45, 7) is 0.552. The molecule has 3 aromatic heterocycles. The quantitative estimate of drug-likeness (QED) is 0.358. The van der Waals surface area contributed by atoms with Crippen LogP contribution in [-0.4, -0.2) is 32.8 Å². The predicted octanol–water partition coefficient (Wildman–Crippen LogP) is 3.83. The SMILES string of the molecule is CC(OC(=O)c1cc(F)cc2cc(Cn3cnc4ccncc4c3=O)oc12)C(F)(F)F. The van der Waals surface area contributed by atoms with Crippen molar-refractivity contribution in [2.45, 2.75) is 25.7 Å². The number of rotatable bonds is 4. The number of pyridine rings is 1. The molecule has 0 saturated heterocycles. The van der Waals surface area contributed by atoms with Crippen molar-refractivity contribution < 1.29 is 31.5 Å². The number of hydrogen-bond donors (Lipinski definition) is 0. The Morgan fingerprint density at radius 2 is 2.06 bits per heavy atom. The highest BCUT2D eigenvalue weighted by Gasteiger charge is 2.39. The van der Waals surface area contributed by atoms with E-state index in [-0.39, 0.29) is 28.7 Å². The first-order valence-corrected chi connectivity index (χ1v) is 8.92. The van der Waals surface area contributed by atoms with Crippen LogP contribution < -0.4 is 5.56 Å². The van der Waals surface area contributed by atoms with Gasteiger partial charge in [0, 0.05) is 17.8 Å². The fourth-order valence-electron chi connectivity index (χ4n) is 2.97. The number of alkyl halides is 3. The number of ether oxygens (including phenoxy) is 1. The molecular weight excluding hydrogens is 422 g/mol. The first-order chi connectivity index (χ1) is 14.6. The molecule has 0 aliphatic heterocycles. The third-order valence-corrected chi connectivity index (χ3v) is 4.55. The molecule has 0 bridgehead atoms. The second kappa shape index (κ2) is 7.49. The average molecular weight is 435 g/mol. The fraction of sp³-hybridized carbons (Fsp3) is 0.200. The first-order valence-electron chi connectivity index (χ1n) is 8.92. The van der Waals surface area contributed by atoms with E-state index in [1.807, 2.05) is 0 Å². The Hall–Kier alpha value is -3.76. The van der Waals surface area contributed by atoms with Gasteiger partial charge in [0.2, 0.25) is 0 Å². The molecule has 0 aliphatic carbocycles. The molecule has 160 valence electrons. The topological polar surface area (TPSA) is 87.2 Å². The number of aromatic nitrogens is 3. The molecular formula is C20H13F4N3O4. The van der Waals surface area contributed by atoms with Crippen LogP contribution in [0.1, 0.15) is 23.0 Å². The summed E-state index contributed by atoms with van der Waals surface area (Å²) in [6, 6.07) is 4.74. The molecule has 0 amide bonds. The van der Waals surface area contributed by atoms with Crippen LogP contribution in [0.3, 0.4) is 0 Å². The van der Waals surface area contributed by atoms with Gasteiger partial charge in [-0.05, 0) is 31.2 Å². The Morgan fingerprint density at radius 3 is 2.81 bits per heavy atom. The van der Waals surface area contributed by atoms with Crippen LogP contribution in [0.5, 0.6) is 0 Å². The number of carbonyl (C=O) groups is 1. The maximum atomic E-state index is 14.0. The number of nitrogens with zero attached hydrogens (tertiary/aromatic N) is 3. The lowest BCUT2D eigenvalue weighted by Gasteiger charge is -2.16. The van der Waals surface area contributed by atoms with Crippen LogP contribution in [-0.2, 0) is 11.3 Å². The molecule has 7 nitrogen and oxygen atoms in total. The average Bonchev–Trinajstić information content (AvgIpc) is 3.11. The summed E-state index contributed by atoms with van der Waals surface area (Å²) >= 11 is 0. The van der Waals surface area contributed by atoms with Crippen LogP contribution in [0, 0.1) is 5.82 Å². The van der Waals surface area contributed by atoms with Crippen molar-refractivity contribution in [1.82, 2.24) is 14.5 Å². The van der Waals surface area contributed by atoms with Crippen molar-refractivity contribution in [3.63, 3.8) is 0 Å². The first kappa shape index (κ1) is 20.5. The Labute approximate surface area is 170 Å². The summed E-state index contributed by atoms with van der Waals surface area (Å²) in [7, 11) is 0. The standard InChI is InChI=1S/C20H13F4N3O4/c1-10(20(22,23)24)30-19(29)14-6-12(21)4-11-5-13(31-17(11)14)8-27-9-26-16-2-3-25-7-15(16)18(27)28/h2-7,9-10H,8H2,1H3. The molecule has 0 saturated carbocycles. The van der Waals surface area contributed by atoms with Gasteiger partial charge in [-0.2, -0.15) is 13.2 Å². The van der Waals surface area contributed by atoms with Crippen molar-refractivity contribution in [3.8, 4) is 0 Å². The minimum absolute atomic E-state index is 0.111. The van der Waals surface area contributed by atoms with Gasteiger partial charge in [0.15, 0.2) is 6.10 Å². The van der Waals surface area contributed by atoms with Crippen molar-refractivity contribution in [3.05, 3.63) is 70.5 Å². The minimum Gasteiger partial charge on any atom is -0.458 e. The van der Waals surface area contributed by atoms with Gasteiger partial charge in [0.1, 0.15) is 22.7 Å². The largest absolute Gasteiger partial charge is 0.458 e. The Morgan fingerprint density at radius 1 is 1.29 bits per heavy atom. The number of benzene rings is 1. The van der Waals surface area contributed by atoms with Crippen LogP contribution in [0.4, 0.5) is 17.6 Å². The maximum absolute atomic E-state index is 14.0. The number of hydrogen-bond acceptors (Lipinski definition) is 6. The normalized spacial score (nSPS) is 12.9. The van der Waals surface area contributed by atoms with E-state index in [0.717, 1.165) is 12.1 Å². The van der Waals surface area contributed by atoms with Crippen molar-refractivity contribution in [1.29, 1.82) is 0 Å². The molecule has 31 heavy (non-hydrogen) atoms. The van der Waals surface area contributed by atoms with Gasteiger partial charge in [0.05, 0.1) is 23.8 Å². The van der Waals surface area contributed by atoms with E-state index in [1.54, 1.807) is 6.07 Å². The van der Waals surface area contributed by atoms with E-state index in [2.05, 4.69) is 14.7 Å². The zero-order valence-corrected chi connectivity index (χ0v) is 15.8. The van der Waals surface area contributed by atoms with Gasteiger partial charge in [-0.1, -0.05) is 0 Å². The number of furan rings is 1. The summed E-state index contributed by atoms with van der Waals surface area (Å²) in [5.41, 5.74) is -0.597. The lowest BCUT2D eigenvalue weighted by atomic mass is 10.1. The monoisotopic (exact) mass is 435 g/mol. The van der Waals surface area contributed by atoms with Crippen LogP contribution >= 0.6 is 0 Å². The molecule has 0 aliphatic rings. The molecule has 11 heteroatoms. The van der Waals surface area contributed by atoms with Gasteiger partial charge >= 0.3 is 12.1 Å². The summed E-state index contributed by atoms with van der Waals surface area (Å²) in [5.74, 6) is -2.08. The molecule has 3 heterocycles. The molecule has 1 atom stereocenters. The number of fused-ring (bicyclic) bond motifs is 2. The highest BCUT2D eigenvalue weighted by molar-refractivity contribution is 6.02. The van der Waals surface area contributed by atoms with E-state index >= 15 is 0 Å². The number of carbonyl (C=O) groups excluding carboxylic acids is 1. The van der Waals surface area contributed by atoms with Crippen molar-refractivity contribution in [2.24, 2.45) is 0 Å². The van der Waals surface area contributed by atoms with Gasteiger partial charge in [-0.15, -0.1) is 0 Å². The second-order valence-corrected chi connectivity index (χ2v) is 6.74. The van der Waals surface area contributed by atoms with Gasteiger partial charge in [-0.25, -0.2) is 14.2 Å². The highest BCUT2D eigenvalue weighted by atomic mass is 19.4. The maximum Gasteiger partial charge on any atom is 0.425 e. The third kappa shape index (κ3) is 3.98.